The minimum Gasteiger partial charge on any atom is -0.381 e. The number of hydrogen-bond donors (Lipinski definition) is 1. The second-order valence-electron chi connectivity index (χ2n) is 8.95. The molecule has 1 aromatic rings. The molecule has 29 heavy (non-hydrogen) atoms. The van der Waals surface area contributed by atoms with Crippen LogP contribution in [0.4, 0.5) is 0 Å². The van der Waals surface area contributed by atoms with Gasteiger partial charge in [0.2, 0.25) is 5.91 Å². The second kappa shape index (κ2) is 10.1. The normalized spacial score (nSPS) is 29.7. The third-order valence-corrected chi connectivity index (χ3v) is 7.19. The van der Waals surface area contributed by atoms with E-state index in [1.54, 1.807) is 7.11 Å². The summed E-state index contributed by atoms with van der Waals surface area (Å²) in [6, 6.07) is 11.6. The zero-order chi connectivity index (χ0) is 20.1. The summed E-state index contributed by atoms with van der Waals surface area (Å²) in [6.45, 7) is 3.47. The van der Waals surface area contributed by atoms with Gasteiger partial charge in [-0.1, -0.05) is 30.3 Å². The first-order chi connectivity index (χ1) is 14.2. The number of benzene rings is 1. The lowest BCUT2D eigenvalue weighted by Gasteiger charge is -2.40. The molecule has 1 N–H and O–H groups in total. The smallest absolute Gasteiger partial charge is 0.225 e. The minimum absolute atomic E-state index is 0.112. The highest BCUT2D eigenvalue weighted by molar-refractivity contribution is 5.79. The maximum atomic E-state index is 13.2. The molecule has 0 spiro atoms. The Hall–Kier alpha value is -1.43. The van der Waals surface area contributed by atoms with E-state index in [-0.39, 0.29) is 12.0 Å². The van der Waals surface area contributed by atoms with E-state index in [9.17, 15) is 4.79 Å². The predicted molar refractivity (Wildman–Crippen MR) is 114 cm³/mol. The summed E-state index contributed by atoms with van der Waals surface area (Å²) in [5.74, 6) is 1.05. The molecule has 2 saturated heterocycles. The van der Waals surface area contributed by atoms with Crippen molar-refractivity contribution in [1.82, 2.24) is 10.2 Å². The lowest BCUT2D eigenvalue weighted by molar-refractivity contribution is -0.139. The molecule has 0 radical (unpaired) electrons. The van der Waals surface area contributed by atoms with Gasteiger partial charge in [-0.3, -0.25) is 4.79 Å². The maximum absolute atomic E-state index is 13.2. The first-order valence-corrected chi connectivity index (χ1v) is 11.4. The number of likely N-dealkylation sites (tertiary alicyclic amines) is 1. The molecule has 160 valence electrons. The summed E-state index contributed by atoms with van der Waals surface area (Å²) in [5, 5.41) is 3.79. The maximum Gasteiger partial charge on any atom is 0.225 e. The lowest BCUT2D eigenvalue weighted by Crippen LogP contribution is -2.52. The molecule has 3 atom stereocenters. The van der Waals surface area contributed by atoms with Crippen molar-refractivity contribution in [3.8, 4) is 0 Å². The van der Waals surface area contributed by atoms with Crippen LogP contribution in [0.1, 0.15) is 56.4 Å². The number of nitrogens with one attached hydrogen (secondary N) is 1. The Kier molecular flexibility index (Phi) is 7.22. The van der Waals surface area contributed by atoms with Gasteiger partial charge in [-0.15, -0.1) is 0 Å². The zero-order valence-electron chi connectivity index (χ0n) is 17.7. The first-order valence-electron chi connectivity index (χ1n) is 11.4. The van der Waals surface area contributed by atoms with E-state index in [1.165, 1.54) is 5.56 Å². The number of amides is 1. The van der Waals surface area contributed by atoms with Crippen LogP contribution >= 0.6 is 0 Å². The summed E-state index contributed by atoms with van der Waals surface area (Å²) in [7, 11) is 1.79. The van der Waals surface area contributed by atoms with Crippen molar-refractivity contribution in [3.63, 3.8) is 0 Å². The fourth-order valence-corrected chi connectivity index (χ4v) is 5.39. The molecule has 2 aliphatic heterocycles. The third kappa shape index (κ3) is 5.19. The number of carbonyl (C=O) groups is 1. The van der Waals surface area contributed by atoms with E-state index >= 15 is 0 Å². The molecule has 1 aromatic carbocycles. The van der Waals surface area contributed by atoms with Gasteiger partial charge in [-0.25, -0.2) is 0 Å². The average Bonchev–Trinajstić information content (AvgIpc) is 2.80. The Morgan fingerprint density at radius 3 is 2.45 bits per heavy atom. The Labute approximate surface area is 175 Å². The molecule has 3 aliphatic rings. The minimum atomic E-state index is 0.112. The molecule has 5 heteroatoms. The Balaban J connectivity index is 1.27. The van der Waals surface area contributed by atoms with Crippen LogP contribution in [0.5, 0.6) is 0 Å². The van der Waals surface area contributed by atoms with Crippen LogP contribution in [0.25, 0.3) is 0 Å². The summed E-state index contributed by atoms with van der Waals surface area (Å²) < 4.78 is 11.3. The van der Waals surface area contributed by atoms with E-state index in [2.05, 4.69) is 40.5 Å². The van der Waals surface area contributed by atoms with Gasteiger partial charge in [-0.05, 0) is 56.4 Å². The van der Waals surface area contributed by atoms with E-state index in [4.69, 9.17) is 9.47 Å². The number of carbonyl (C=O) groups excluding carboxylic acids is 1. The van der Waals surface area contributed by atoms with Crippen molar-refractivity contribution >= 4 is 5.91 Å². The van der Waals surface area contributed by atoms with Gasteiger partial charge >= 0.3 is 0 Å². The molecule has 0 bridgehead atoms. The summed E-state index contributed by atoms with van der Waals surface area (Å²) in [6.07, 6.45) is 7.26. The highest BCUT2D eigenvalue weighted by Crippen LogP contribution is 2.32. The van der Waals surface area contributed by atoms with Gasteiger partial charge < -0.3 is 19.7 Å². The molecule has 3 fully saturated rings. The highest BCUT2D eigenvalue weighted by Gasteiger charge is 2.37. The fourth-order valence-electron chi connectivity index (χ4n) is 5.39. The quantitative estimate of drug-likeness (QED) is 0.824. The molecule has 5 nitrogen and oxygen atoms in total. The van der Waals surface area contributed by atoms with E-state index in [1.807, 2.05) is 0 Å². The van der Waals surface area contributed by atoms with Crippen LogP contribution in [0.3, 0.4) is 0 Å². The largest absolute Gasteiger partial charge is 0.381 e. The van der Waals surface area contributed by atoms with Gasteiger partial charge in [0.05, 0.1) is 6.10 Å². The van der Waals surface area contributed by atoms with Gasteiger partial charge in [-0.2, -0.15) is 0 Å². The number of hydrogen-bond acceptors (Lipinski definition) is 4. The third-order valence-electron chi connectivity index (χ3n) is 7.19. The van der Waals surface area contributed by atoms with E-state index < -0.39 is 0 Å². The Morgan fingerprint density at radius 2 is 1.76 bits per heavy atom. The van der Waals surface area contributed by atoms with Gasteiger partial charge in [0.1, 0.15) is 0 Å². The summed E-state index contributed by atoms with van der Waals surface area (Å²) in [4.78, 5) is 15.3. The van der Waals surface area contributed by atoms with Crippen molar-refractivity contribution in [1.29, 1.82) is 0 Å². The standard InChI is InChI=1S/C24H36N2O3/c1-28-23-17-20(7-8-22(23)25-21-11-15-29-16-12-21)24(27)26-13-9-19(10-14-26)18-5-3-2-4-6-18/h2-6,19-23,25H,7-17H2,1H3/t20-,22-,23-/m0/s1. The number of piperidine rings is 1. The van der Waals surface area contributed by atoms with Crippen molar-refractivity contribution in [3.05, 3.63) is 35.9 Å². The van der Waals surface area contributed by atoms with Crippen molar-refractivity contribution in [2.75, 3.05) is 33.4 Å². The molecule has 4 rings (SSSR count). The van der Waals surface area contributed by atoms with Gasteiger partial charge in [0.25, 0.3) is 0 Å². The molecule has 1 aliphatic carbocycles. The molecule has 2 heterocycles. The number of methoxy groups -OCH3 is 1. The fraction of sp³-hybridized carbons (Fsp3) is 0.708. The lowest BCUT2D eigenvalue weighted by atomic mass is 9.81. The average molecular weight is 401 g/mol. The topological polar surface area (TPSA) is 50.8 Å². The summed E-state index contributed by atoms with van der Waals surface area (Å²) >= 11 is 0. The molecule has 0 unspecified atom stereocenters. The van der Waals surface area contributed by atoms with Crippen LogP contribution in [0.2, 0.25) is 0 Å². The highest BCUT2D eigenvalue weighted by atomic mass is 16.5. The summed E-state index contributed by atoms with van der Waals surface area (Å²) in [5.41, 5.74) is 1.42. The van der Waals surface area contributed by atoms with Crippen LogP contribution in [-0.2, 0) is 14.3 Å². The molecular weight excluding hydrogens is 364 g/mol. The SMILES string of the molecule is CO[C@H]1C[C@@H](C(=O)N2CCC(c3ccccc3)CC2)CC[C@@H]1NC1CCOCC1. The van der Waals surface area contributed by atoms with Crippen LogP contribution < -0.4 is 5.32 Å². The molecule has 1 saturated carbocycles. The Morgan fingerprint density at radius 1 is 1.03 bits per heavy atom. The Bertz CT molecular complexity index is 639. The van der Waals surface area contributed by atoms with Crippen molar-refractivity contribution in [2.45, 2.75) is 69.1 Å². The number of rotatable bonds is 5. The van der Waals surface area contributed by atoms with Gasteiger partial charge in [0, 0.05) is 51.4 Å². The van der Waals surface area contributed by atoms with Crippen molar-refractivity contribution < 1.29 is 14.3 Å². The number of nitrogens with zero attached hydrogens (tertiary/aromatic N) is 1. The van der Waals surface area contributed by atoms with E-state index in [0.717, 1.165) is 71.2 Å². The van der Waals surface area contributed by atoms with Crippen LogP contribution in [-0.4, -0.2) is 62.4 Å². The van der Waals surface area contributed by atoms with Crippen LogP contribution in [0, 0.1) is 5.92 Å². The number of ether oxygens (including phenoxy) is 2. The van der Waals surface area contributed by atoms with Gasteiger partial charge in [0.15, 0.2) is 0 Å². The predicted octanol–water partition coefficient (Wildman–Crippen LogP) is 3.34. The zero-order valence-corrected chi connectivity index (χ0v) is 17.7. The van der Waals surface area contributed by atoms with Crippen LogP contribution in [0.15, 0.2) is 30.3 Å². The molecule has 0 aromatic heterocycles. The van der Waals surface area contributed by atoms with Crippen molar-refractivity contribution in [2.24, 2.45) is 5.92 Å². The first kappa shape index (κ1) is 20.8. The molecule has 1 amide bonds. The monoisotopic (exact) mass is 400 g/mol. The molecular formula is C24H36N2O3. The second-order valence-corrected chi connectivity index (χ2v) is 8.95. The van der Waals surface area contributed by atoms with E-state index in [0.29, 0.717) is 23.9 Å².